The topological polar surface area (TPSA) is 61.4 Å². The lowest BCUT2D eigenvalue weighted by molar-refractivity contribution is 0.0827. The molecule has 0 atom stereocenters. The van der Waals surface area contributed by atoms with Crippen molar-refractivity contribution >= 4 is 23.5 Å². The van der Waals surface area contributed by atoms with Crippen LogP contribution in [0.15, 0.2) is 48.5 Å². The molecule has 0 fully saturated rings. The highest BCUT2D eigenvalue weighted by molar-refractivity contribution is 6.30. The number of halogens is 1. The Morgan fingerprint density at radius 2 is 1.72 bits per heavy atom. The van der Waals surface area contributed by atoms with Crippen LogP contribution in [0.1, 0.15) is 21.5 Å². The first-order chi connectivity index (χ1) is 12.0. The lowest BCUT2D eigenvalue weighted by Crippen LogP contribution is -2.36. The van der Waals surface area contributed by atoms with Gasteiger partial charge in [-0.05, 0) is 41.8 Å². The number of nitrogens with zero attached hydrogens (tertiary/aromatic N) is 1. The van der Waals surface area contributed by atoms with Crippen molar-refractivity contribution in [2.24, 2.45) is 0 Å². The van der Waals surface area contributed by atoms with E-state index in [9.17, 15) is 9.59 Å². The minimum absolute atomic E-state index is 0.0433. The zero-order chi connectivity index (χ0) is 18.2. The molecule has 2 rings (SSSR count). The molecule has 0 saturated carbocycles. The summed E-state index contributed by atoms with van der Waals surface area (Å²) in [4.78, 5) is 25.2. The Hall–Kier alpha value is -2.53. The SMILES string of the molecule is CN(C)C(=O)c1ccc(CNC(=O)NCCc2cccc(Cl)c2)cc1. The van der Waals surface area contributed by atoms with Gasteiger partial charge in [-0.2, -0.15) is 0 Å². The lowest BCUT2D eigenvalue weighted by atomic mass is 10.1. The van der Waals surface area contributed by atoms with Crippen LogP contribution in [0.2, 0.25) is 5.02 Å². The second-order valence-corrected chi connectivity index (χ2v) is 6.32. The average molecular weight is 360 g/mol. The zero-order valence-corrected chi connectivity index (χ0v) is 15.1. The largest absolute Gasteiger partial charge is 0.345 e. The van der Waals surface area contributed by atoms with Gasteiger partial charge in [0.15, 0.2) is 0 Å². The summed E-state index contributed by atoms with van der Waals surface area (Å²) in [5.41, 5.74) is 2.63. The van der Waals surface area contributed by atoms with Crippen molar-refractivity contribution in [2.75, 3.05) is 20.6 Å². The van der Waals surface area contributed by atoms with Crippen molar-refractivity contribution in [1.29, 1.82) is 0 Å². The second kappa shape index (κ2) is 9.08. The molecule has 132 valence electrons. The van der Waals surface area contributed by atoms with Gasteiger partial charge < -0.3 is 15.5 Å². The molecule has 0 bridgehead atoms. The number of benzene rings is 2. The highest BCUT2D eigenvalue weighted by Gasteiger charge is 2.07. The van der Waals surface area contributed by atoms with Gasteiger partial charge in [0, 0.05) is 37.8 Å². The lowest BCUT2D eigenvalue weighted by Gasteiger charge is -2.11. The molecule has 0 aliphatic heterocycles. The summed E-state index contributed by atoms with van der Waals surface area (Å²) < 4.78 is 0. The van der Waals surface area contributed by atoms with E-state index in [0.717, 1.165) is 17.5 Å². The fourth-order valence-corrected chi connectivity index (χ4v) is 2.49. The number of rotatable bonds is 6. The standard InChI is InChI=1S/C19H22ClN3O2/c1-23(2)18(24)16-8-6-15(7-9-16)13-22-19(25)21-11-10-14-4-3-5-17(20)12-14/h3-9,12H,10-11,13H2,1-2H3,(H2,21,22,25). The van der Waals surface area contributed by atoms with Crippen LogP contribution in [0.5, 0.6) is 0 Å². The molecule has 2 N–H and O–H groups in total. The molecule has 3 amide bonds. The van der Waals surface area contributed by atoms with E-state index in [1.54, 1.807) is 26.2 Å². The molecule has 0 heterocycles. The Balaban J connectivity index is 1.73. The van der Waals surface area contributed by atoms with Crippen molar-refractivity contribution in [3.8, 4) is 0 Å². The minimum Gasteiger partial charge on any atom is -0.345 e. The van der Waals surface area contributed by atoms with Crippen LogP contribution in [-0.4, -0.2) is 37.5 Å². The van der Waals surface area contributed by atoms with E-state index < -0.39 is 0 Å². The third-order valence-electron chi connectivity index (χ3n) is 3.65. The van der Waals surface area contributed by atoms with Crippen LogP contribution < -0.4 is 10.6 Å². The van der Waals surface area contributed by atoms with Gasteiger partial charge in [-0.1, -0.05) is 35.9 Å². The third-order valence-corrected chi connectivity index (χ3v) is 3.88. The second-order valence-electron chi connectivity index (χ2n) is 5.89. The number of hydrogen-bond acceptors (Lipinski definition) is 2. The molecule has 2 aromatic carbocycles. The summed E-state index contributed by atoms with van der Waals surface area (Å²) in [6.45, 7) is 0.932. The van der Waals surface area contributed by atoms with Gasteiger partial charge in [0.05, 0.1) is 0 Å². The van der Waals surface area contributed by atoms with Crippen molar-refractivity contribution in [2.45, 2.75) is 13.0 Å². The van der Waals surface area contributed by atoms with E-state index in [0.29, 0.717) is 23.7 Å². The first-order valence-electron chi connectivity index (χ1n) is 8.02. The van der Waals surface area contributed by atoms with E-state index >= 15 is 0 Å². The number of carbonyl (C=O) groups is 2. The number of amides is 3. The van der Waals surface area contributed by atoms with Crippen LogP contribution in [0.3, 0.4) is 0 Å². The summed E-state index contributed by atoms with van der Waals surface area (Å²) in [6.07, 6.45) is 0.718. The quantitative estimate of drug-likeness (QED) is 0.832. The molecule has 0 aliphatic carbocycles. The van der Waals surface area contributed by atoms with E-state index in [2.05, 4.69) is 10.6 Å². The Morgan fingerprint density at radius 1 is 1.00 bits per heavy atom. The molecule has 0 saturated heterocycles. The summed E-state index contributed by atoms with van der Waals surface area (Å²) >= 11 is 5.93. The van der Waals surface area contributed by atoms with E-state index in [1.807, 2.05) is 36.4 Å². The van der Waals surface area contributed by atoms with Crippen LogP contribution in [0.4, 0.5) is 4.79 Å². The van der Waals surface area contributed by atoms with Gasteiger partial charge in [0.25, 0.3) is 5.91 Å². The number of nitrogens with one attached hydrogen (secondary N) is 2. The smallest absolute Gasteiger partial charge is 0.315 e. The van der Waals surface area contributed by atoms with Crippen LogP contribution >= 0.6 is 11.6 Å². The number of hydrogen-bond donors (Lipinski definition) is 2. The predicted molar refractivity (Wildman–Crippen MR) is 99.9 cm³/mol. The first-order valence-corrected chi connectivity index (χ1v) is 8.40. The fraction of sp³-hybridized carbons (Fsp3) is 0.263. The van der Waals surface area contributed by atoms with Gasteiger partial charge in [0.1, 0.15) is 0 Å². The normalized spacial score (nSPS) is 10.2. The van der Waals surface area contributed by atoms with Gasteiger partial charge >= 0.3 is 6.03 Å². The van der Waals surface area contributed by atoms with Crippen LogP contribution in [0, 0.1) is 0 Å². The maximum absolute atomic E-state index is 11.8. The van der Waals surface area contributed by atoms with Gasteiger partial charge in [-0.25, -0.2) is 4.79 Å². The number of urea groups is 1. The van der Waals surface area contributed by atoms with E-state index in [1.165, 1.54) is 4.90 Å². The molecular formula is C19H22ClN3O2. The molecule has 0 aliphatic rings. The molecule has 0 spiro atoms. The highest BCUT2D eigenvalue weighted by atomic mass is 35.5. The van der Waals surface area contributed by atoms with Crippen LogP contribution in [0.25, 0.3) is 0 Å². The summed E-state index contributed by atoms with van der Waals surface area (Å²) in [5.74, 6) is -0.0433. The van der Waals surface area contributed by atoms with Crippen molar-refractivity contribution in [3.63, 3.8) is 0 Å². The van der Waals surface area contributed by atoms with Crippen molar-refractivity contribution < 1.29 is 9.59 Å². The first kappa shape index (κ1) is 18.8. The molecule has 5 nitrogen and oxygen atoms in total. The van der Waals surface area contributed by atoms with Gasteiger partial charge in [0.2, 0.25) is 0 Å². The molecule has 0 unspecified atom stereocenters. The fourth-order valence-electron chi connectivity index (χ4n) is 2.28. The molecule has 0 radical (unpaired) electrons. The summed E-state index contributed by atoms with van der Waals surface area (Å²) in [7, 11) is 3.43. The average Bonchev–Trinajstić information content (AvgIpc) is 2.60. The molecule has 25 heavy (non-hydrogen) atoms. The van der Waals surface area contributed by atoms with E-state index in [4.69, 9.17) is 11.6 Å². The minimum atomic E-state index is -0.226. The Morgan fingerprint density at radius 3 is 2.36 bits per heavy atom. The predicted octanol–water partition coefficient (Wildman–Crippen LogP) is 3.08. The maximum Gasteiger partial charge on any atom is 0.315 e. The molecular weight excluding hydrogens is 338 g/mol. The summed E-state index contributed by atoms with van der Waals surface area (Å²) in [5, 5.41) is 6.30. The Labute approximate surface area is 153 Å². The summed E-state index contributed by atoms with van der Waals surface area (Å²) in [6, 6.07) is 14.5. The monoisotopic (exact) mass is 359 g/mol. The molecule has 6 heteroatoms. The zero-order valence-electron chi connectivity index (χ0n) is 14.4. The van der Waals surface area contributed by atoms with Crippen LogP contribution in [-0.2, 0) is 13.0 Å². The van der Waals surface area contributed by atoms with Crippen molar-refractivity contribution in [3.05, 3.63) is 70.2 Å². The third kappa shape index (κ3) is 6.12. The van der Waals surface area contributed by atoms with E-state index in [-0.39, 0.29) is 11.9 Å². The maximum atomic E-state index is 11.8. The Kier molecular flexibility index (Phi) is 6.83. The molecule has 0 aromatic heterocycles. The highest BCUT2D eigenvalue weighted by Crippen LogP contribution is 2.10. The number of carbonyl (C=O) groups excluding carboxylic acids is 2. The van der Waals surface area contributed by atoms with Gasteiger partial charge in [-0.3, -0.25) is 4.79 Å². The molecule has 2 aromatic rings. The Bertz CT molecular complexity index is 730. The van der Waals surface area contributed by atoms with Crippen molar-refractivity contribution in [1.82, 2.24) is 15.5 Å². The van der Waals surface area contributed by atoms with Gasteiger partial charge in [-0.15, -0.1) is 0 Å².